The molecule has 3 aromatic heterocycles. The number of aryl methyl sites for hydroxylation is 2. The van der Waals surface area contributed by atoms with E-state index in [9.17, 15) is 13.6 Å². The largest absolute Gasteiger partial charge is 0.299 e. The third kappa shape index (κ3) is 2.58. The standard InChI is InChI=1S/C16H15F2N5OS/c1-7-10(6-22(2)21-7)11-5-9(13(17)18)12-14(19-11)23(8-3-4-8)16(25)20-15(12)24/h5-6,8,13H,3-4H2,1-2H3,(H,20,24,25). The summed E-state index contributed by atoms with van der Waals surface area (Å²) in [6, 6.07) is 1.36. The lowest BCUT2D eigenvalue weighted by Gasteiger charge is -2.13. The van der Waals surface area contributed by atoms with Crippen LogP contribution in [0.25, 0.3) is 22.3 Å². The summed E-state index contributed by atoms with van der Waals surface area (Å²) in [6.45, 7) is 1.79. The summed E-state index contributed by atoms with van der Waals surface area (Å²) < 4.78 is 30.9. The minimum absolute atomic E-state index is 0.0927. The average Bonchev–Trinajstić information content (AvgIpc) is 3.30. The van der Waals surface area contributed by atoms with E-state index >= 15 is 0 Å². The lowest BCUT2D eigenvalue weighted by Crippen LogP contribution is -2.17. The first kappa shape index (κ1) is 16.1. The Kier molecular flexibility index (Phi) is 3.57. The fraction of sp³-hybridized carbons (Fsp3) is 0.375. The second-order valence-electron chi connectivity index (χ2n) is 6.26. The predicted octanol–water partition coefficient (Wildman–Crippen LogP) is 3.44. The predicted molar refractivity (Wildman–Crippen MR) is 91.4 cm³/mol. The lowest BCUT2D eigenvalue weighted by atomic mass is 10.1. The minimum atomic E-state index is -2.80. The van der Waals surface area contributed by atoms with Crippen molar-refractivity contribution in [2.45, 2.75) is 32.2 Å². The second kappa shape index (κ2) is 5.55. The van der Waals surface area contributed by atoms with Crippen LogP contribution in [0.3, 0.4) is 0 Å². The number of nitrogens with zero attached hydrogens (tertiary/aromatic N) is 4. The highest BCUT2D eigenvalue weighted by atomic mass is 32.1. The van der Waals surface area contributed by atoms with Crippen molar-refractivity contribution in [3.05, 3.63) is 38.6 Å². The molecular weight excluding hydrogens is 348 g/mol. The number of aromatic amines is 1. The highest BCUT2D eigenvalue weighted by Crippen LogP contribution is 2.38. The van der Waals surface area contributed by atoms with Crippen molar-refractivity contribution in [2.75, 3.05) is 0 Å². The highest BCUT2D eigenvalue weighted by molar-refractivity contribution is 7.71. The summed E-state index contributed by atoms with van der Waals surface area (Å²) in [4.78, 5) is 19.4. The summed E-state index contributed by atoms with van der Waals surface area (Å²) in [5.74, 6) is 0. The molecule has 1 aliphatic carbocycles. The van der Waals surface area contributed by atoms with Crippen LogP contribution in [-0.4, -0.2) is 24.3 Å². The van der Waals surface area contributed by atoms with Gasteiger partial charge in [0.2, 0.25) is 0 Å². The van der Waals surface area contributed by atoms with Crippen LogP contribution in [-0.2, 0) is 7.05 Å². The van der Waals surface area contributed by atoms with Crippen molar-refractivity contribution in [3.8, 4) is 11.3 Å². The van der Waals surface area contributed by atoms with Crippen molar-refractivity contribution < 1.29 is 8.78 Å². The summed E-state index contributed by atoms with van der Waals surface area (Å²) in [7, 11) is 1.75. The van der Waals surface area contributed by atoms with Crippen LogP contribution >= 0.6 is 12.2 Å². The molecule has 25 heavy (non-hydrogen) atoms. The molecule has 1 aliphatic rings. The Morgan fingerprint density at radius 3 is 2.68 bits per heavy atom. The van der Waals surface area contributed by atoms with Crippen LogP contribution in [0.4, 0.5) is 8.78 Å². The number of rotatable bonds is 3. The lowest BCUT2D eigenvalue weighted by molar-refractivity contribution is 0.153. The fourth-order valence-corrected chi connectivity index (χ4v) is 3.43. The van der Waals surface area contributed by atoms with Crippen molar-refractivity contribution in [3.63, 3.8) is 0 Å². The molecule has 130 valence electrons. The number of hydrogen-bond acceptors (Lipinski definition) is 4. The second-order valence-corrected chi connectivity index (χ2v) is 6.65. The van der Waals surface area contributed by atoms with Crippen molar-refractivity contribution >= 4 is 23.3 Å². The van der Waals surface area contributed by atoms with E-state index in [1.54, 1.807) is 29.4 Å². The van der Waals surface area contributed by atoms with Crippen molar-refractivity contribution in [2.24, 2.45) is 7.05 Å². The zero-order chi connectivity index (χ0) is 17.9. The van der Waals surface area contributed by atoms with E-state index in [2.05, 4.69) is 15.1 Å². The maximum absolute atomic E-state index is 13.7. The first-order valence-electron chi connectivity index (χ1n) is 7.85. The topological polar surface area (TPSA) is 68.5 Å². The molecular formula is C16H15F2N5OS. The molecule has 1 saturated carbocycles. The van der Waals surface area contributed by atoms with Crippen LogP contribution in [0.1, 0.15) is 36.6 Å². The SMILES string of the molecule is Cc1nn(C)cc1-c1cc(C(F)F)c2c(=O)[nH]c(=S)n(C3CC3)c2n1. The molecule has 1 N–H and O–H groups in total. The van der Waals surface area contributed by atoms with Crippen LogP contribution in [0.5, 0.6) is 0 Å². The number of H-pyrrole nitrogens is 1. The molecule has 0 unspecified atom stereocenters. The Hall–Kier alpha value is -2.42. The van der Waals surface area contributed by atoms with Crippen molar-refractivity contribution in [1.82, 2.24) is 24.3 Å². The molecule has 0 saturated heterocycles. The van der Waals surface area contributed by atoms with Gasteiger partial charge < -0.3 is 0 Å². The Morgan fingerprint density at radius 1 is 1.40 bits per heavy atom. The van der Waals surface area contributed by atoms with Crippen LogP contribution < -0.4 is 5.56 Å². The maximum atomic E-state index is 13.7. The van der Waals surface area contributed by atoms with Gasteiger partial charge in [-0.3, -0.25) is 19.0 Å². The Bertz CT molecular complexity index is 1110. The van der Waals surface area contributed by atoms with Gasteiger partial charge in [-0.2, -0.15) is 5.10 Å². The van der Waals surface area contributed by atoms with Gasteiger partial charge in [0.25, 0.3) is 12.0 Å². The smallest absolute Gasteiger partial charge is 0.264 e. The summed E-state index contributed by atoms with van der Waals surface area (Å²) >= 11 is 5.25. The fourth-order valence-electron chi connectivity index (χ4n) is 3.11. The van der Waals surface area contributed by atoms with Crippen LogP contribution in [0.15, 0.2) is 17.1 Å². The van der Waals surface area contributed by atoms with Gasteiger partial charge in [-0.25, -0.2) is 13.8 Å². The van der Waals surface area contributed by atoms with Crippen molar-refractivity contribution in [1.29, 1.82) is 0 Å². The Balaban J connectivity index is 2.14. The quantitative estimate of drug-likeness (QED) is 0.724. The molecule has 0 aromatic carbocycles. The van der Waals surface area contributed by atoms with E-state index in [1.165, 1.54) is 6.07 Å². The number of aromatic nitrogens is 5. The highest BCUT2D eigenvalue weighted by Gasteiger charge is 2.29. The van der Waals surface area contributed by atoms with Gasteiger partial charge in [0, 0.05) is 30.4 Å². The molecule has 0 amide bonds. The van der Waals surface area contributed by atoms with E-state index in [1.807, 2.05) is 0 Å². The molecule has 0 atom stereocenters. The van der Waals surface area contributed by atoms with Gasteiger partial charge in [0.05, 0.1) is 16.8 Å². The number of nitrogens with one attached hydrogen (secondary N) is 1. The number of fused-ring (bicyclic) bond motifs is 1. The molecule has 3 aromatic rings. The van der Waals surface area contributed by atoms with E-state index in [4.69, 9.17) is 12.2 Å². The normalized spacial score (nSPS) is 14.6. The van der Waals surface area contributed by atoms with E-state index in [0.29, 0.717) is 17.0 Å². The van der Waals surface area contributed by atoms with Gasteiger partial charge in [-0.15, -0.1) is 0 Å². The zero-order valence-corrected chi connectivity index (χ0v) is 14.4. The van der Waals surface area contributed by atoms with E-state index in [0.717, 1.165) is 12.8 Å². The summed E-state index contributed by atoms with van der Waals surface area (Å²) in [6.07, 6.45) is 0.697. The monoisotopic (exact) mass is 363 g/mol. The van der Waals surface area contributed by atoms with Gasteiger partial charge in [-0.05, 0) is 38.0 Å². The molecule has 0 bridgehead atoms. The van der Waals surface area contributed by atoms with Gasteiger partial charge >= 0.3 is 0 Å². The molecule has 4 rings (SSSR count). The first-order chi connectivity index (χ1) is 11.9. The Labute approximate surface area is 146 Å². The molecule has 0 aliphatic heterocycles. The number of halogens is 2. The number of hydrogen-bond donors (Lipinski definition) is 1. The number of alkyl halides is 2. The molecule has 0 spiro atoms. The summed E-state index contributed by atoms with van der Waals surface area (Å²) in [5.41, 5.74) is 0.939. The zero-order valence-electron chi connectivity index (χ0n) is 13.6. The van der Waals surface area contributed by atoms with Crippen LogP contribution in [0, 0.1) is 11.7 Å². The third-order valence-electron chi connectivity index (χ3n) is 4.36. The van der Waals surface area contributed by atoms with Gasteiger partial charge in [-0.1, -0.05) is 0 Å². The molecule has 0 radical (unpaired) electrons. The average molecular weight is 363 g/mol. The molecule has 6 nitrogen and oxygen atoms in total. The van der Waals surface area contributed by atoms with Gasteiger partial charge in [0.1, 0.15) is 5.65 Å². The number of pyridine rings is 1. The Morgan fingerprint density at radius 2 is 2.12 bits per heavy atom. The first-order valence-corrected chi connectivity index (χ1v) is 8.26. The van der Waals surface area contributed by atoms with Crippen LogP contribution in [0.2, 0.25) is 0 Å². The third-order valence-corrected chi connectivity index (χ3v) is 4.66. The molecule has 9 heteroatoms. The molecule has 3 heterocycles. The van der Waals surface area contributed by atoms with Gasteiger partial charge in [0.15, 0.2) is 4.77 Å². The molecule has 1 fully saturated rings. The maximum Gasteiger partial charge on any atom is 0.264 e. The summed E-state index contributed by atoms with van der Waals surface area (Å²) in [5, 5.41) is 4.14. The minimum Gasteiger partial charge on any atom is -0.299 e. The van der Waals surface area contributed by atoms with E-state index < -0.39 is 12.0 Å². The van der Waals surface area contributed by atoms with E-state index in [-0.39, 0.29) is 27.4 Å².